The molecule has 1 aliphatic carbocycles. The van der Waals surface area contributed by atoms with Crippen molar-refractivity contribution >= 4 is 0 Å². The van der Waals surface area contributed by atoms with Crippen molar-refractivity contribution in [3.05, 3.63) is 35.9 Å². The van der Waals surface area contributed by atoms with Crippen LogP contribution in [-0.2, 0) is 4.74 Å². The molecule has 3 nitrogen and oxygen atoms in total. The molecule has 2 fully saturated rings. The summed E-state index contributed by atoms with van der Waals surface area (Å²) in [5, 5.41) is 0. The van der Waals surface area contributed by atoms with Crippen LogP contribution in [-0.4, -0.2) is 43.3 Å². The van der Waals surface area contributed by atoms with Crippen molar-refractivity contribution in [2.45, 2.75) is 49.7 Å². The molecule has 1 saturated carbocycles. The van der Waals surface area contributed by atoms with Crippen LogP contribution < -0.4 is 5.73 Å². The van der Waals surface area contributed by atoms with Crippen LogP contribution >= 0.6 is 0 Å². The van der Waals surface area contributed by atoms with Gasteiger partial charge in [0.15, 0.2) is 0 Å². The van der Waals surface area contributed by atoms with Crippen molar-refractivity contribution < 1.29 is 4.74 Å². The molecule has 116 valence electrons. The molecular formula is C18H28N2O. The predicted octanol–water partition coefficient (Wildman–Crippen LogP) is 2.76. The lowest BCUT2D eigenvalue weighted by Gasteiger charge is -2.46. The Labute approximate surface area is 128 Å². The second kappa shape index (κ2) is 6.47. The van der Waals surface area contributed by atoms with E-state index in [1.807, 2.05) is 7.11 Å². The van der Waals surface area contributed by atoms with Gasteiger partial charge in [-0.3, -0.25) is 4.90 Å². The normalized spacial score (nSPS) is 34.2. The molecule has 0 amide bonds. The Morgan fingerprint density at radius 3 is 2.81 bits per heavy atom. The predicted molar refractivity (Wildman–Crippen MR) is 86.4 cm³/mol. The standard InChI is InChI=1S/C18H28N2O/c1-21-17-8-5-10-18(12-17,14-19)20-11-9-16(13-20)15-6-3-2-4-7-15/h2-4,6-7,16-17H,5,8-14,19H2,1H3. The molecule has 3 unspecified atom stereocenters. The Balaban J connectivity index is 1.71. The second-order valence-electron chi connectivity index (χ2n) is 6.72. The fourth-order valence-electron chi connectivity index (χ4n) is 4.28. The van der Waals surface area contributed by atoms with E-state index in [2.05, 4.69) is 35.2 Å². The number of nitrogens with two attached hydrogens (primary N) is 1. The quantitative estimate of drug-likeness (QED) is 0.926. The van der Waals surface area contributed by atoms with Crippen LogP contribution in [0.1, 0.15) is 43.6 Å². The van der Waals surface area contributed by atoms with Crippen molar-refractivity contribution in [3.63, 3.8) is 0 Å². The minimum absolute atomic E-state index is 0.169. The first-order valence-corrected chi connectivity index (χ1v) is 8.30. The number of benzene rings is 1. The summed E-state index contributed by atoms with van der Waals surface area (Å²) in [5.74, 6) is 0.664. The van der Waals surface area contributed by atoms with Crippen molar-refractivity contribution in [3.8, 4) is 0 Å². The van der Waals surface area contributed by atoms with Gasteiger partial charge in [-0.2, -0.15) is 0 Å². The van der Waals surface area contributed by atoms with Gasteiger partial charge in [-0.25, -0.2) is 0 Å². The van der Waals surface area contributed by atoms with E-state index in [-0.39, 0.29) is 5.54 Å². The van der Waals surface area contributed by atoms with E-state index in [9.17, 15) is 0 Å². The molecule has 1 aromatic carbocycles. The van der Waals surface area contributed by atoms with Crippen LogP contribution in [0.3, 0.4) is 0 Å². The molecule has 2 N–H and O–H groups in total. The number of hydrogen-bond donors (Lipinski definition) is 1. The third kappa shape index (κ3) is 3.01. The van der Waals surface area contributed by atoms with Gasteiger partial charge in [0.2, 0.25) is 0 Å². The zero-order chi connectivity index (χ0) is 14.7. The number of rotatable bonds is 4. The van der Waals surface area contributed by atoms with Crippen molar-refractivity contribution in [1.29, 1.82) is 0 Å². The maximum Gasteiger partial charge on any atom is 0.0589 e. The minimum atomic E-state index is 0.169. The highest BCUT2D eigenvalue weighted by Gasteiger charge is 2.43. The van der Waals surface area contributed by atoms with Crippen LogP contribution in [0.2, 0.25) is 0 Å². The van der Waals surface area contributed by atoms with E-state index in [0.29, 0.717) is 12.0 Å². The highest BCUT2D eigenvalue weighted by atomic mass is 16.5. The van der Waals surface area contributed by atoms with E-state index in [0.717, 1.165) is 19.5 Å². The molecule has 0 aromatic heterocycles. The Kier molecular flexibility index (Phi) is 4.63. The smallest absolute Gasteiger partial charge is 0.0589 e. The first-order chi connectivity index (χ1) is 10.3. The summed E-state index contributed by atoms with van der Waals surface area (Å²) in [5.41, 5.74) is 7.87. The van der Waals surface area contributed by atoms with Gasteiger partial charge in [-0.15, -0.1) is 0 Å². The lowest BCUT2D eigenvalue weighted by atomic mass is 9.78. The Morgan fingerprint density at radius 1 is 1.29 bits per heavy atom. The van der Waals surface area contributed by atoms with Crippen LogP contribution in [0.25, 0.3) is 0 Å². The minimum Gasteiger partial charge on any atom is -0.381 e. The summed E-state index contributed by atoms with van der Waals surface area (Å²) in [4.78, 5) is 2.66. The molecule has 0 bridgehead atoms. The van der Waals surface area contributed by atoms with Crippen LogP contribution in [0.5, 0.6) is 0 Å². The van der Waals surface area contributed by atoms with Crippen LogP contribution in [0, 0.1) is 0 Å². The van der Waals surface area contributed by atoms with Gasteiger partial charge >= 0.3 is 0 Å². The topological polar surface area (TPSA) is 38.5 Å². The largest absolute Gasteiger partial charge is 0.381 e. The van der Waals surface area contributed by atoms with Crippen molar-refractivity contribution in [2.75, 3.05) is 26.7 Å². The Morgan fingerprint density at radius 2 is 2.10 bits per heavy atom. The maximum atomic E-state index is 6.22. The van der Waals surface area contributed by atoms with E-state index in [4.69, 9.17) is 10.5 Å². The number of ether oxygens (including phenoxy) is 1. The molecule has 2 aliphatic rings. The summed E-state index contributed by atoms with van der Waals surface area (Å²) in [6.07, 6.45) is 6.39. The van der Waals surface area contributed by atoms with Gasteiger partial charge in [0.1, 0.15) is 0 Å². The zero-order valence-electron chi connectivity index (χ0n) is 13.1. The summed E-state index contributed by atoms with van der Waals surface area (Å²) < 4.78 is 5.64. The molecule has 3 heteroatoms. The summed E-state index contributed by atoms with van der Waals surface area (Å²) in [6.45, 7) is 3.08. The first kappa shape index (κ1) is 15.0. The van der Waals surface area contributed by atoms with Gasteiger partial charge in [0.25, 0.3) is 0 Å². The molecule has 21 heavy (non-hydrogen) atoms. The number of likely N-dealkylation sites (tertiary alicyclic amines) is 1. The van der Waals surface area contributed by atoms with Crippen LogP contribution in [0.4, 0.5) is 0 Å². The molecule has 1 aromatic rings. The van der Waals surface area contributed by atoms with E-state index in [1.54, 1.807) is 0 Å². The monoisotopic (exact) mass is 288 g/mol. The summed E-state index contributed by atoms with van der Waals surface area (Å²) in [6, 6.07) is 10.9. The highest BCUT2D eigenvalue weighted by molar-refractivity contribution is 5.21. The Hall–Kier alpha value is -0.900. The maximum absolute atomic E-state index is 6.22. The molecule has 1 aliphatic heterocycles. The van der Waals surface area contributed by atoms with E-state index >= 15 is 0 Å². The number of methoxy groups -OCH3 is 1. The number of hydrogen-bond acceptors (Lipinski definition) is 3. The first-order valence-electron chi connectivity index (χ1n) is 8.30. The average molecular weight is 288 g/mol. The lowest BCUT2D eigenvalue weighted by molar-refractivity contribution is -0.0133. The van der Waals surface area contributed by atoms with Gasteiger partial charge in [0.05, 0.1) is 6.10 Å². The molecule has 3 rings (SSSR count). The zero-order valence-corrected chi connectivity index (χ0v) is 13.1. The molecule has 0 spiro atoms. The molecule has 1 saturated heterocycles. The number of nitrogens with zero attached hydrogens (tertiary/aromatic N) is 1. The third-order valence-corrected chi connectivity index (χ3v) is 5.62. The summed E-state index contributed by atoms with van der Waals surface area (Å²) in [7, 11) is 1.84. The summed E-state index contributed by atoms with van der Waals surface area (Å²) >= 11 is 0. The van der Waals surface area contributed by atoms with Crippen LogP contribution in [0.15, 0.2) is 30.3 Å². The second-order valence-corrected chi connectivity index (χ2v) is 6.72. The van der Waals surface area contributed by atoms with Gasteiger partial charge < -0.3 is 10.5 Å². The third-order valence-electron chi connectivity index (χ3n) is 5.62. The van der Waals surface area contributed by atoms with Gasteiger partial charge in [-0.1, -0.05) is 30.3 Å². The van der Waals surface area contributed by atoms with Crippen molar-refractivity contribution in [2.24, 2.45) is 5.73 Å². The Bertz CT molecular complexity index is 450. The highest BCUT2D eigenvalue weighted by Crippen LogP contribution is 2.39. The van der Waals surface area contributed by atoms with Crippen molar-refractivity contribution in [1.82, 2.24) is 4.90 Å². The molecule has 1 heterocycles. The molecular weight excluding hydrogens is 260 g/mol. The fourth-order valence-corrected chi connectivity index (χ4v) is 4.28. The van der Waals surface area contributed by atoms with E-state index < -0.39 is 0 Å². The van der Waals surface area contributed by atoms with E-state index in [1.165, 1.54) is 37.8 Å². The SMILES string of the molecule is COC1CCCC(CN)(N2CCC(c3ccccc3)C2)C1. The lowest BCUT2D eigenvalue weighted by Crippen LogP contribution is -2.56. The van der Waals surface area contributed by atoms with Gasteiger partial charge in [0, 0.05) is 25.7 Å². The molecule has 3 atom stereocenters. The molecule has 0 radical (unpaired) electrons. The average Bonchev–Trinajstić information content (AvgIpc) is 3.06. The fraction of sp³-hybridized carbons (Fsp3) is 0.667. The van der Waals surface area contributed by atoms with Gasteiger partial charge in [-0.05, 0) is 50.1 Å².